The Kier molecular flexibility index (Phi) is 4.22. The first-order valence-electron chi connectivity index (χ1n) is 5.84. The molecule has 1 atom stereocenters. The Morgan fingerprint density at radius 2 is 2.00 bits per heavy atom. The molecule has 0 aliphatic heterocycles. The van der Waals surface area contributed by atoms with E-state index in [1.54, 1.807) is 6.92 Å². The Bertz CT molecular complexity index is 652. The van der Waals surface area contributed by atoms with Crippen molar-refractivity contribution >= 4 is 5.97 Å². The summed E-state index contributed by atoms with van der Waals surface area (Å²) in [5.41, 5.74) is 5.59. The van der Waals surface area contributed by atoms with E-state index >= 15 is 0 Å². The number of rotatable bonds is 4. The summed E-state index contributed by atoms with van der Waals surface area (Å²) in [6.45, 7) is 1.70. The molecule has 0 fully saturated rings. The van der Waals surface area contributed by atoms with Crippen LogP contribution >= 0.6 is 0 Å². The molecule has 112 valence electrons. The van der Waals surface area contributed by atoms with Crippen molar-refractivity contribution in [2.45, 2.75) is 13.0 Å². The van der Waals surface area contributed by atoms with E-state index in [2.05, 4.69) is 19.4 Å². The first-order chi connectivity index (χ1) is 9.93. The predicted molar refractivity (Wildman–Crippen MR) is 62.6 cm³/mol. The number of nitrogens with zero attached hydrogens (tertiary/aromatic N) is 2. The fraction of sp³-hybridized carbons (Fsp3) is 0.250. The van der Waals surface area contributed by atoms with Crippen molar-refractivity contribution < 1.29 is 27.2 Å². The third-order valence-corrected chi connectivity index (χ3v) is 2.54. The number of halogens is 3. The van der Waals surface area contributed by atoms with Gasteiger partial charge in [0.25, 0.3) is 0 Å². The van der Waals surface area contributed by atoms with Crippen molar-refractivity contribution in [3.8, 4) is 0 Å². The SMILES string of the molecule is CCOC(=O)c1nc(C(N)c2cc(F)c(F)c(F)c2)no1. The summed E-state index contributed by atoms with van der Waals surface area (Å²) in [6.07, 6.45) is 0. The second kappa shape index (κ2) is 5.92. The Labute approximate surface area is 116 Å². The van der Waals surface area contributed by atoms with Crippen LogP contribution in [0.1, 0.15) is 35.0 Å². The van der Waals surface area contributed by atoms with Gasteiger partial charge in [0.05, 0.1) is 12.6 Å². The van der Waals surface area contributed by atoms with Gasteiger partial charge in [-0.1, -0.05) is 5.16 Å². The molecule has 0 saturated heterocycles. The van der Waals surface area contributed by atoms with Crippen LogP contribution in [0.5, 0.6) is 0 Å². The molecule has 6 nitrogen and oxygen atoms in total. The van der Waals surface area contributed by atoms with Gasteiger partial charge in [-0.05, 0) is 24.6 Å². The zero-order valence-electron chi connectivity index (χ0n) is 10.8. The number of carbonyl (C=O) groups excluding carboxylic acids is 1. The molecule has 0 aliphatic rings. The highest BCUT2D eigenvalue weighted by Crippen LogP contribution is 2.21. The standard InChI is InChI=1S/C12H10F3N3O3/c1-2-20-12(19)11-17-10(18-21-11)9(16)5-3-6(13)8(15)7(14)4-5/h3-4,9H,2,16H2,1H3. The lowest BCUT2D eigenvalue weighted by Crippen LogP contribution is -2.15. The fourth-order valence-corrected chi connectivity index (χ4v) is 1.54. The molecule has 1 unspecified atom stereocenters. The maximum atomic E-state index is 13.1. The monoisotopic (exact) mass is 301 g/mol. The quantitative estimate of drug-likeness (QED) is 0.683. The summed E-state index contributed by atoms with van der Waals surface area (Å²) in [4.78, 5) is 15.0. The summed E-state index contributed by atoms with van der Waals surface area (Å²) in [5, 5.41) is 3.43. The summed E-state index contributed by atoms with van der Waals surface area (Å²) in [7, 11) is 0. The van der Waals surface area contributed by atoms with Crippen LogP contribution in [-0.2, 0) is 4.74 Å². The minimum atomic E-state index is -1.61. The maximum Gasteiger partial charge on any atom is 0.397 e. The topological polar surface area (TPSA) is 91.2 Å². The highest BCUT2D eigenvalue weighted by molar-refractivity contribution is 5.83. The van der Waals surface area contributed by atoms with E-state index in [0.717, 1.165) is 0 Å². The van der Waals surface area contributed by atoms with Gasteiger partial charge in [-0.3, -0.25) is 0 Å². The molecule has 0 spiro atoms. The number of aromatic nitrogens is 2. The lowest BCUT2D eigenvalue weighted by Gasteiger charge is -2.08. The lowest BCUT2D eigenvalue weighted by atomic mass is 10.1. The van der Waals surface area contributed by atoms with E-state index in [4.69, 9.17) is 5.73 Å². The minimum absolute atomic E-state index is 0.108. The number of benzene rings is 1. The second-order valence-electron chi connectivity index (χ2n) is 3.95. The summed E-state index contributed by atoms with van der Waals surface area (Å²) in [6, 6.07) is 0.231. The lowest BCUT2D eigenvalue weighted by molar-refractivity contribution is 0.0470. The van der Waals surface area contributed by atoms with Gasteiger partial charge in [0.15, 0.2) is 23.3 Å². The Morgan fingerprint density at radius 3 is 2.57 bits per heavy atom. The molecule has 0 aliphatic carbocycles. The van der Waals surface area contributed by atoms with Crippen molar-refractivity contribution in [3.63, 3.8) is 0 Å². The second-order valence-corrected chi connectivity index (χ2v) is 3.95. The maximum absolute atomic E-state index is 13.1. The van der Waals surface area contributed by atoms with Crippen molar-refractivity contribution in [1.29, 1.82) is 0 Å². The molecule has 2 N–H and O–H groups in total. The summed E-state index contributed by atoms with van der Waals surface area (Å²) < 4.78 is 48.4. The third-order valence-electron chi connectivity index (χ3n) is 2.54. The van der Waals surface area contributed by atoms with E-state index in [0.29, 0.717) is 12.1 Å². The van der Waals surface area contributed by atoms with Gasteiger partial charge < -0.3 is 15.0 Å². The molecule has 1 aromatic carbocycles. The first-order valence-corrected chi connectivity index (χ1v) is 5.84. The van der Waals surface area contributed by atoms with Crippen LogP contribution in [0.25, 0.3) is 0 Å². The fourth-order valence-electron chi connectivity index (χ4n) is 1.54. The van der Waals surface area contributed by atoms with Crippen molar-refractivity contribution in [3.05, 3.63) is 46.9 Å². The molecule has 0 bridgehead atoms. The van der Waals surface area contributed by atoms with Crippen LogP contribution in [0.2, 0.25) is 0 Å². The molecule has 2 aromatic rings. The van der Waals surface area contributed by atoms with Crippen LogP contribution in [0.15, 0.2) is 16.7 Å². The number of ether oxygens (including phenoxy) is 1. The number of nitrogens with two attached hydrogens (primary N) is 1. The molecule has 1 aromatic heterocycles. The number of carbonyl (C=O) groups is 1. The molecule has 0 radical (unpaired) electrons. The number of hydrogen-bond donors (Lipinski definition) is 1. The molecule has 2 rings (SSSR count). The molecule has 21 heavy (non-hydrogen) atoms. The van der Waals surface area contributed by atoms with Gasteiger partial charge in [0.1, 0.15) is 0 Å². The molecule has 9 heteroatoms. The molecule has 0 amide bonds. The van der Waals surface area contributed by atoms with E-state index in [9.17, 15) is 18.0 Å². The predicted octanol–water partition coefficient (Wildman–Crippen LogP) is 1.71. The minimum Gasteiger partial charge on any atom is -0.459 e. The van der Waals surface area contributed by atoms with Gasteiger partial charge in [-0.2, -0.15) is 4.98 Å². The van der Waals surface area contributed by atoms with Crippen molar-refractivity contribution in [1.82, 2.24) is 10.1 Å². The Balaban J connectivity index is 2.28. The first kappa shape index (κ1) is 15.0. The summed E-state index contributed by atoms with van der Waals surface area (Å²) >= 11 is 0. The Hall–Kier alpha value is -2.42. The molecular weight excluding hydrogens is 291 g/mol. The van der Waals surface area contributed by atoms with Gasteiger partial charge in [-0.25, -0.2) is 18.0 Å². The van der Waals surface area contributed by atoms with Gasteiger partial charge >= 0.3 is 11.9 Å². The number of esters is 1. The molecular formula is C12H10F3N3O3. The molecule has 0 saturated carbocycles. The van der Waals surface area contributed by atoms with E-state index in [-0.39, 0.29) is 18.0 Å². The number of hydrogen-bond acceptors (Lipinski definition) is 6. The average Bonchev–Trinajstić information content (AvgIpc) is 2.93. The van der Waals surface area contributed by atoms with Crippen molar-refractivity contribution in [2.24, 2.45) is 5.73 Å². The normalized spacial score (nSPS) is 12.2. The zero-order chi connectivity index (χ0) is 15.6. The van der Waals surface area contributed by atoms with Crippen LogP contribution in [0.3, 0.4) is 0 Å². The highest BCUT2D eigenvalue weighted by Gasteiger charge is 2.23. The van der Waals surface area contributed by atoms with Gasteiger partial charge in [0, 0.05) is 0 Å². The smallest absolute Gasteiger partial charge is 0.397 e. The average molecular weight is 301 g/mol. The van der Waals surface area contributed by atoms with Crippen LogP contribution < -0.4 is 5.73 Å². The highest BCUT2D eigenvalue weighted by atomic mass is 19.2. The largest absolute Gasteiger partial charge is 0.459 e. The van der Waals surface area contributed by atoms with Crippen LogP contribution in [0.4, 0.5) is 13.2 Å². The van der Waals surface area contributed by atoms with Crippen LogP contribution in [0, 0.1) is 17.5 Å². The van der Waals surface area contributed by atoms with Crippen molar-refractivity contribution in [2.75, 3.05) is 6.61 Å². The molecule has 1 heterocycles. The van der Waals surface area contributed by atoms with E-state index < -0.39 is 35.4 Å². The summed E-state index contributed by atoms with van der Waals surface area (Å²) in [5.74, 6) is -5.87. The van der Waals surface area contributed by atoms with Crippen LogP contribution in [-0.4, -0.2) is 22.7 Å². The third kappa shape index (κ3) is 3.02. The Morgan fingerprint density at radius 1 is 1.38 bits per heavy atom. The van der Waals surface area contributed by atoms with E-state index in [1.807, 2.05) is 0 Å². The van der Waals surface area contributed by atoms with Gasteiger partial charge in [-0.15, -0.1) is 0 Å². The van der Waals surface area contributed by atoms with Gasteiger partial charge in [0.2, 0.25) is 0 Å². The zero-order valence-corrected chi connectivity index (χ0v) is 10.8. The van der Waals surface area contributed by atoms with E-state index in [1.165, 1.54) is 0 Å².